The molecule has 1 saturated heterocycles. The number of fused-ring (bicyclic) bond motifs is 10. The van der Waals surface area contributed by atoms with Crippen LogP contribution in [0.1, 0.15) is 125 Å². The van der Waals surface area contributed by atoms with E-state index in [2.05, 4.69) is 42.1 Å². The number of aliphatic hydroxyl groups excluding tert-OH is 3. The van der Waals surface area contributed by atoms with Gasteiger partial charge in [0.05, 0.1) is 54.8 Å². The number of carbonyl (C=O) groups is 3. The average molecular weight is 875 g/mol. The number of nitrogens with one attached hydrogen (secondary N) is 1. The van der Waals surface area contributed by atoms with E-state index in [0.29, 0.717) is 55.6 Å². The number of esters is 1. The van der Waals surface area contributed by atoms with Gasteiger partial charge in [0, 0.05) is 42.1 Å². The zero-order valence-electron chi connectivity index (χ0n) is 38.2. The van der Waals surface area contributed by atoms with Crippen LogP contribution < -0.4 is 16.8 Å². The molecule has 0 spiro atoms. The fraction of sp³-hybridized carbons (Fsp3) is 0.800. The topological polar surface area (TPSA) is 238 Å². The van der Waals surface area contributed by atoms with E-state index in [9.17, 15) is 39.9 Å². The van der Waals surface area contributed by atoms with E-state index in [1.807, 2.05) is 6.92 Å². The predicted molar refractivity (Wildman–Crippen MR) is 237 cm³/mol. The first-order chi connectivity index (χ1) is 29.7. The highest BCUT2D eigenvalue weighted by Gasteiger charge is 2.74. The van der Waals surface area contributed by atoms with Crippen LogP contribution in [0.2, 0.25) is 0 Å². The van der Waals surface area contributed by atoms with Gasteiger partial charge in [0.1, 0.15) is 5.78 Å². The van der Waals surface area contributed by atoms with Crippen LogP contribution in [0.25, 0.3) is 0 Å². The molecule has 8 rings (SSSR count). The normalized spacial score (nSPS) is 47.2. The van der Waals surface area contributed by atoms with E-state index in [1.165, 1.54) is 18.9 Å². The first-order valence-corrected chi connectivity index (χ1v) is 24.1. The summed E-state index contributed by atoms with van der Waals surface area (Å²) in [5, 5.41) is 65.3. The highest BCUT2D eigenvalue weighted by Crippen LogP contribution is 2.72. The molecule has 4 saturated carbocycles. The van der Waals surface area contributed by atoms with E-state index in [4.69, 9.17) is 16.2 Å². The Kier molecular flexibility index (Phi) is 12.6. The molecule has 10 N–H and O–H groups in total. The Hall–Kier alpha value is -3.28. The molecule has 1 aliphatic heterocycles. The fourth-order valence-electron chi connectivity index (χ4n) is 15.5. The number of rotatable bonds is 7. The highest BCUT2D eigenvalue weighted by atomic mass is 16.5. The van der Waals surface area contributed by atoms with Crippen molar-refractivity contribution in [2.45, 2.75) is 154 Å². The minimum absolute atomic E-state index is 0.0143. The van der Waals surface area contributed by atoms with Crippen molar-refractivity contribution in [1.29, 1.82) is 0 Å². The van der Waals surface area contributed by atoms with Crippen LogP contribution in [0.3, 0.4) is 0 Å². The summed E-state index contributed by atoms with van der Waals surface area (Å²) < 4.78 is 5.57. The maximum Gasteiger partial charge on any atom is 0.306 e. The maximum absolute atomic E-state index is 14.9. The number of hydrogen-bond donors (Lipinski definition) is 8. The van der Waals surface area contributed by atoms with E-state index in [0.717, 1.165) is 25.7 Å². The molecule has 0 aromatic heterocycles. The summed E-state index contributed by atoms with van der Waals surface area (Å²) in [7, 11) is 0. The number of carbonyl (C=O) groups excluding carboxylic acids is 3. The standard InChI is InChI=1S/C50H74N4O9/c1-26-9-10-29-11-12-33-27(2)18-40(58)48(5,61)45-31(8-6-7-30(19-35(33)34(29)17-26)32-20-41(59)63-25-32)22-50(62)42-36(13-14-49(45,50)15-16-53-46(51)52)47(4)23-39(57)38(56)21-37(47)44(60)43(42)54-24-28(3)55/h11,26-27,30-40,45,54,56-58,61-62H,8-10,12-25H2,1-5H3,(H4,51,52,53). The van der Waals surface area contributed by atoms with Gasteiger partial charge in [-0.2, -0.15) is 0 Å². The number of ketones is 2. The van der Waals surface area contributed by atoms with Crippen LogP contribution in [0.15, 0.2) is 27.9 Å². The monoisotopic (exact) mass is 875 g/mol. The lowest BCUT2D eigenvalue weighted by Crippen LogP contribution is -2.65. The molecule has 7 aliphatic carbocycles. The molecule has 0 aromatic rings. The van der Waals surface area contributed by atoms with Crippen molar-refractivity contribution in [3.8, 4) is 11.8 Å². The molecule has 0 bridgehead atoms. The number of aliphatic hydroxyl groups is 5. The second-order valence-electron chi connectivity index (χ2n) is 22.2. The zero-order valence-corrected chi connectivity index (χ0v) is 38.2. The predicted octanol–water partition coefficient (Wildman–Crippen LogP) is 3.68. The molecule has 18 atom stereocenters. The SMILES string of the molecule is CC(=O)CNC1=C2C(CCC3(CCN=C(N)N)C4C(CC#CC(C5COC(=O)C5)CC5C6CC(C)CCC6=CCC5C(C)CC(O)C4(C)O)CC23O)C2(C)CC(O)C(O)CC2C1=O. The largest absolute Gasteiger partial charge is 0.465 e. The Labute approximate surface area is 373 Å². The van der Waals surface area contributed by atoms with E-state index < -0.39 is 64.0 Å². The molecular formula is C50H74N4O9. The first kappa shape index (κ1) is 46.3. The summed E-state index contributed by atoms with van der Waals surface area (Å²) in [6, 6.07) is 0. The number of Topliss-reactive ketones (excluding diaryl/α,β-unsaturated/α-hetero) is 2. The maximum atomic E-state index is 14.9. The van der Waals surface area contributed by atoms with Crippen LogP contribution in [0.5, 0.6) is 0 Å². The van der Waals surface area contributed by atoms with Crippen LogP contribution in [0, 0.1) is 87.8 Å². The number of hydrogen-bond acceptors (Lipinski definition) is 11. The Morgan fingerprint density at radius 2 is 1.75 bits per heavy atom. The summed E-state index contributed by atoms with van der Waals surface area (Å²) in [6.45, 7) is 9.95. The highest BCUT2D eigenvalue weighted by molar-refractivity contribution is 6.00. The number of allylic oxidation sites excluding steroid dienone is 3. The van der Waals surface area contributed by atoms with Crippen molar-refractivity contribution in [3.63, 3.8) is 0 Å². The molecule has 1 heterocycles. The van der Waals surface area contributed by atoms with E-state index in [-0.39, 0.29) is 98.1 Å². The van der Waals surface area contributed by atoms with Gasteiger partial charge in [-0.1, -0.05) is 38.3 Å². The number of ether oxygens (including phenoxy) is 1. The Balaban J connectivity index is 1.29. The summed E-state index contributed by atoms with van der Waals surface area (Å²) in [5.74, 6) is 5.49. The lowest BCUT2D eigenvalue weighted by Gasteiger charge is -2.62. The Morgan fingerprint density at radius 3 is 2.44 bits per heavy atom. The third-order valence-corrected chi connectivity index (χ3v) is 18.5. The van der Waals surface area contributed by atoms with Crippen molar-refractivity contribution >= 4 is 23.5 Å². The van der Waals surface area contributed by atoms with Crippen molar-refractivity contribution < 1.29 is 44.7 Å². The lowest BCUT2D eigenvalue weighted by molar-refractivity contribution is -0.190. The third-order valence-electron chi connectivity index (χ3n) is 18.5. The number of aliphatic imine (C=N–C) groups is 1. The quantitative estimate of drug-likeness (QED) is 0.0602. The van der Waals surface area contributed by atoms with E-state index in [1.54, 1.807) is 6.92 Å². The van der Waals surface area contributed by atoms with Gasteiger partial charge >= 0.3 is 5.97 Å². The minimum atomic E-state index is -1.76. The van der Waals surface area contributed by atoms with Crippen LogP contribution in [-0.2, 0) is 19.1 Å². The molecule has 18 unspecified atom stereocenters. The molecule has 0 amide bonds. The average Bonchev–Trinajstić information content (AvgIpc) is 3.76. The molecule has 13 heteroatoms. The molecule has 13 nitrogen and oxygen atoms in total. The second kappa shape index (κ2) is 17.2. The van der Waals surface area contributed by atoms with Gasteiger partial charge in [-0.05, 0) is 143 Å². The smallest absolute Gasteiger partial charge is 0.306 e. The van der Waals surface area contributed by atoms with Crippen LogP contribution in [0.4, 0.5) is 0 Å². The van der Waals surface area contributed by atoms with Gasteiger partial charge < -0.3 is 47.1 Å². The first-order valence-electron chi connectivity index (χ1n) is 24.1. The molecule has 348 valence electrons. The van der Waals surface area contributed by atoms with Gasteiger partial charge in [-0.15, -0.1) is 5.92 Å². The van der Waals surface area contributed by atoms with Gasteiger partial charge in [-0.3, -0.25) is 19.4 Å². The molecule has 0 radical (unpaired) electrons. The molecule has 0 aromatic carbocycles. The zero-order chi connectivity index (χ0) is 45.4. The van der Waals surface area contributed by atoms with Gasteiger partial charge in [0.2, 0.25) is 0 Å². The second-order valence-corrected chi connectivity index (χ2v) is 22.2. The van der Waals surface area contributed by atoms with Gasteiger partial charge in [-0.25, -0.2) is 0 Å². The number of guanidine groups is 1. The summed E-state index contributed by atoms with van der Waals surface area (Å²) in [5.41, 5.74) is 8.49. The van der Waals surface area contributed by atoms with E-state index >= 15 is 0 Å². The third kappa shape index (κ3) is 7.89. The van der Waals surface area contributed by atoms with Gasteiger partial charge in [0.25, 0.3) is 0 Å². The lowest BCUT2D eigenvalue weighted by atomic mass is 9.44. The molecule has 5 fully saturated rings. The summed E-state index contributed by atoms with van der Waals surface area (Å²) in [6.07, 6.45) is 6.48. The van der Waals surface area contributed by atoms with Crippen molar-refractivity contribution in [2.75, 3.05) is 19.7 Å². The van der Waals surface area contributed by atoms with Crippen LogP contribution in [-0.4, -0.2) is 98.2 Å². The van der Waals surface area contributed by atoms with Crippen molar-refractivity contribution in [3.05, 3.63) is 22.9 Å². The number of cyclic esters (lactones) is 1. The van der Waals surface area contributed by atoms with Crippen molar-refractivity contribution in [1.82, 2.24) is 5.32 Å². The molecule has 63 heavy (non-hydrogen) atoms. The molecular weight excluding hydrogens is 801 g/mol. The summed E-state index contributed by atoms with van der Waals surface area (Å²) in [4.78, 5) is 44.6. The molecule has 8 aliphatic rings. The van der Waals surface area contributed by atoms with Crippen LogP contribution >= 0.6 is 0 Å². The summed E-state index contributed by atoms with van der Waals surface area (Å²) >= 11 is 0. The van der Waals surface area contributed by atoms with Crippen molar-refractivity contribution in [2.24, 2.45) is 92.4 Å². The van der Waals surface area contributed by atoms with Gasteiger partial charge in [0.15, 0.2) is 11.7 Å². The number of nitrogens with zero attached hydrogens (tertiary/aromatic N) is 1. The fourth-order valence-corrected chi connectivity index (χ4v) is 15.5. The Bertz CT molecular complexity index is 1980. The number of nitrogens with two attached hydrogens (primary N) is 2. The minimum Gasteiger partial charge on any atom is -0.465 e. The Morgan fingerprint density at radius 1 is 0.984 bits per heavy atom.